The normalized spacial score (nSPS) is 12.7. The number of nitrogens with zero attached hydrogens (tertiary/aromatic N) is 3. The third-order valence-electron chi connectivity index (χ3n) is 3.20. The Morgan fingerprint density at radius 3 is 2.95 bits per heavy atom. The van der Waals surface area contributed by atoms with Gasteiger partial charge in [0.05, 0.1) is 5.75 Å². The van der Waals surface area contributed by atoms with Crippen LogP contribution in [0.4, 0.5) is 0 Å². The number of aromatic nitrogens is 3. The molecule has 1 N–H and O–H groups in total. The summed E-state index contributed by atoms with van der Waals surface area (Å²) in [4.78, 5) is 19.7. The van der Waals surface area contributed by atoms with E-state index >= 15 is 0 Å². The first-order valence-corrected chi connectivity index (χ1v) is 7.83. The number of hydrogen-bond acceptors (Lipinski definition) is 4. The standard InChI is InChI=1S/C14H19N3O2S/c1-3-6-10(4-2)17-13-11(7-5-8-15-13)16-14(17)20-9-12(18)19/h5,7-8,10H,3-4,6,9H2,1-2H3,(H,18,19). The molecule has 0 fully saturated rings. The van der Waals surface area contributed by atoms with E-state index in [9.17, 15) is 4.79 Å². The first-order valence-electron chi connectivity index (χ1n) is 6.84. The largest absolute Gasteiger partial charge is 0.481 e. The number of imidazole rings is 1. The van der Waals surface area contributed by atoms with E-state index in [1.165, 1.54) is 11.8 Å². The maximum absolute atomic E-state index is 10.8. The first-order chi connectivity index (χ1) is 9.67. The van der Waals surface area contributed by atoms with E-state index in [-0.39, 0.29) is 5.75 Å². The first kappa shape index (κ1) is 14.8. The molecular weight excluding hydrogens is 274 g/mol. The molecule has 20 heavy (non-hydrogen) atoms. The highest BCUT2D eigenvalue weighted by Gasteiger charge is 2.19. The minimum atomic E-state index is -0.829. The highest BCUT2D eigenvalue weighted by Crippen LogP contribution is 2.30. The lowest BCUT2D eigenvalue weighted by atomic mass is 10.1. The van der Waals surface area contributed by atoms with E-state index in [0.717, 1.165) is 35.6 Å². The molecule has 5 nitrogen and oxygen atoms in total. The third-order valence-corrected chi connectivity index (χ3v) is 4.14. The van der Waals surface area contributed by atoms with E-state index in [1.54, 1.807) is 6.20 Å². The maximum Gasteiger partial charge on any atom is 0.313 e. The summed E-state index contributed by atoms with van der Waals surface area (Å²) in [5, 5.41) is 9.62. The Morgan fingerprint density at radius 1 is 1.50 bits per heavy atom. The monoisotopic (exact) mass is 293 g/mol. The Morgan fingerprint density at radius 2 is 2.30 bits per heavy atom. The molecular formula is C14H19N3O2S. The van der Waals surface area contributed by atoms with Crippen LogP contribution in [0.2, 0.25) is 0 Å². The van der Waals surface area contributed by atoms with Crippen LogP contribution in [0.5, 0.6) is 0 Å². The predicted molar refractivity (Wildman–Crippen MR) is 80.1 cm³/mol. The highest BCUT2D eigenvalue weighted by atomic mass is 32.2. The van der Waals surface area contributed by atoms with E-state index in [2.05, 4.69) is 28.4 Å². The number of rotatable bonds is 7. The summed E-state index contributed by atoms with van der Waals surface area (Å²) in [6, 6.07) is 4.09. The van der Waals surface area contributed by atoms with Crippen molar-refractivity contribution in [3.63, 3.8) is 0 Å². The molecule has 2 rings (SSSR count). The summed E-state index contributed by atoms with van der Waals surface area (Å²) in [5.41, 5.74) is 1.68. The summed E-state index contributed by atoms with van der Waals surface area (Å²) >= 11 is 1.26. The van der Waals surface area contributed by atoms with Gasteiger partial charge in [0.15, 0.2) is 10.8 Å². The van der Waals surface area contributed by atoms with Crippen molar-refractivity contribution in [3.8, 4) is 0 Å². The molecule has 0 spiro atoms. The van der Waals surface area contributed by atoms with Crippen LogP contribution in [0, 0.1) is 0 Å². The number of thioether (sulfide) groups is 1. The molecule has 0 saturated carbocycles. The van der Waals surface area contributed by atoms with Gasteiger partial charge < -0.3 is 9.67 Å². The van der Waals surface area contributed by atoms with Crippen molar-refractivity contribution in [1.29, 1.82) is 0 Å². The number of carboxylic acids is 1. The SMILES string of the molecule is CCCC(CC)n1c(SCC(=O)O)nc2cccnc21. The molecule has 108 valence electrons. The van der Waals surface area contributed by atoms with Gasteiger partial charge in [0.1, 0.15) is 5.52 Å². The maximum atomic E-state index is 10.8. The Kier molecular flexibility index (Phi) is 5.00. The molecule has 0 aliphatic rings. The zero-order valence-corrected chi connectivity index (χ0v) is 12.6. The van der Waals surface area contributed by atoms with E-state index in [0.29, 0.717) is 6.04 Å². The molecule has 0 saturated heterocycles. The number of fused-ring (bicyclic) bond motifs is 1. The number of hydrogen-bond donors (Lipinski definition) is 1. The van der Waals surface area contributed by atoms with Gasteiger partial charge in [0.2, 0.25) is 0 Å². The second-order valence-electron chi connectivity index (χ2n) is 4.64. The smallest absolute Gasteiger partial charge is 0.313 e. The molecule has 0 aromatic carbocycles. The van der Waals surface area contributed by atoms with Gasteiger partial charge >= 0.3 is 5.97 Å². The third kappa shape index (κ3) is 3.12. The van der Waals surface area contributed by atoms with Crippen molar-refractivity contribution in [2.45, 2.75) is 44.3 Å². The van der Waals surface area contributed by atoms with E-state index < -0.39 is 5.97 Å². The van der Waals surface area contributed by atoms with Crippen molar-refractivity contribution in [2.24, 2.45) is 0 Å². The lowest BCUT2D eigenvalue weighted by molar-refractivity contribution is -0.133. The lowest BCUT2D eigenvalue weighted by Crippen LogP contribution is -2.11. The molecule has 2 heterocycles. The summed E-state index contributed by atoms with van der Waals surface area (Å²) < 4.78 is 2.10. The Bertz CT molecular complexity index is 597. The van der Waals surface area contributed by atoms with Crippen LogP contribution < -0.4 is 0 Å². The van der Waals surface area contributed by atoms with Crippen LogP contribution in [-0.2, 0) is 4.79 Å². The zero-order chi connectivity index (χ0) is 14.5. The van der Waals surface area contributed by atoms with E-state index in [1.807, 2.05) is 12.1 Å². The zero-order valence-electron chi connectivity index (χ0n) is 11.7. The summed E-state index contributed by atoms with van der Waals surface area (Å²) in [6.45, 7) is 4.29. The second kappa shape index (κ2) is 6.74. The molecule has 0 aliphatic heterocycles. The van der Waals surface area contributed by atoms with Crippen LogP contribution in [0.15, 0.2) is 23.5 Å². The summed E-state index contributed by atoms with van der Waals surface area (Å²) in [6.07, 6.45) is 4.86. The van der Waals surface area contributed by atoms with Gasteiger partial charge in [-0.05, 0) is 25.0 Å². The van der Waals surface area contributed by atoms with Gasteiger partial charge in [-0.3, -0.25) is 4.79 Å². The average Bonchev–Trinajstić information content (AvgIpc) is 2.81. The van der Waals surface area contributed by atoms with Gasteiger partial charge in [0, 0.05) is 12.2 Å². The van der Waals surface area contributed by atoms with Crippen molar-refractivity contribution in [3.05, 3.63) is 18.3 Å². The molecule has 0 bridgehead atoms. The number of carbonyl (C=O) groups is 1. The van der Waals surface area contributed by atoms with Crippen LogP contribution in [0.1, 0.15) is 39.2 Å². The quantitative estimate of drug-likeness (QED) is 0.793. The molecule has 0 radical (unpaired) electrons. The Hall–Kier alpha value is -1.56. The van der Waals surface area contributed by atoms with Gasteiger partial charge in [-0.15, -0.1) is 0 Å². The van der Waals surface area contributed by atoms with Crippen LogP contribution in [0.25, 0.3) is 11.2 Å². The number of carboxylic acid groups (broad SMARTS) is 1. The van der Waals surface area contributed by atoms with Gasteiger partial charge in [0.25, 0.3) is 0 Å². The van der Waals surface area contributed by atoms with E-state index in [4.69, 9.17) is 5.11 Å². The Labute approximate surface area is 122 Å². The van der Waals surface area contributed by atoms with Gasteiger partial charge in [-0.1, -0.05) is 32.0 Å². The predicted octanol–water partition coefficient (Wildman–Crippen LogP) is 3.36. The van der Waals surface area contributed by atoms with Crippen molar-refractivity contribution in [2.75, 3.05) is 5.75 Å². The van der Waals surface area contributed by atoms with Gasteiger partial charge in [-0.25, -0.2) is 9.97 Å². The topological polar surface area (TPSA) is 68.0 Å². The minimum Gasteiger partial charge on any atom is -0.481 e. The molecule has 1 unspecified atom stereocenters. The fourth-order valence-corrected chi connectivity index (χ4v) is 3.11. The Balaban J connectivity index is 2.45. The average molecular weight is 293 g/mol. The molecule has 1 atom stereocenters. The van der Waals surface area contributed by atoms with Crippen molar-refractivity contribution in [1.82, 2.24) is 14.5 Å². The van der Waals surface area contributed by atoms with Gasteiger partial charge in [-0.2, -0.15) is 0 Å². The molecule has 2 aromatic rings. The van der Waals surface area contributed by atoms with Crippen LogP contribution >= 0.6 is 11.8 Å². The lowest BCUT2D eigenvalue weighted by Gasteiger charge is -2.18. The number of pyridine rings is 1. The fourth-order valence-electron chi connectivity index (χ4n) is 2.32. The molecule has 0 aliphatic carbocycles. The summed E-state index contributed by atoms with van der Waals surface area (Å²) in [5.74, 6) is -0.809. The molecule has 0 amide bonds. The fraction of sp³-hybridized carbons (Fsp3) is 0.500. The van der Waals surface area contributed by atoms with Crippen molar-refractivity contribution < 1.29 is 9.90 Å². The summed E-state index contributed by atoms with van der Waals surface area (Å²) in [7, 11) is 0. The number of aliphatic carboxylic acids is 1. The minimum absolute atomic E-state index is 0.0197. The molecule has 6 heteroatoms. The van der Waals surface area contributed by atoms with Crippen LogP contribution in [-0.4, -0.2) is 31.4 Å². The highest BCUT2D eigenvalue weighted by molar-refractivity contribution is 7.99. The second-order valence-corrected chi connectivity index (χ2v) is 5.59. The molecule has 2 aromatic heterocycles. The van der Waals surface area contributed by atoms with Crippen LogP contribution in [0.3, 0.4) is 0 Å². The van der Waals surface area contributed by atoms with Crippen molar-refractivity contribution >= 4 is 28.9 Å².